The zero-order chi connectivity index (χ0) is 17.4. The number of amides is 1. The molecule has 1 aliphatic heterocycles. The van der Waals surface area contributed by atoms with Gasteiger partial charge in [0.2, 0.25) is 0 Å². The largest absolute Gasteiger partial charge is 0.367 e. The van der Waals surface area contributed by atoms with E-state index in [0.29, 0.717) is 31.2 Å². The van der Waals surface area contributed by atoms with Crippen molar-refractivity contribution in [3.05, 3.63) is 47.9 Å². The number of hydrogen-bond acceptors (Lipinski definition) is 5. The smallest absolute Gasteiger partial charge is 0.274 e. The first kappa shape index (κ1) is 15.8. The first-order chi connectivity index (χ1) is 12.1. The van der Waals surface area contributed by atoms with Crippen molar-refractivity contribution in [2.45, 2.75) is 25.9 Å². The molecule has 4 rings (SSSR count). The summed E-state index contributed by atoms with van der Waals surface area (Å²) in [5, 5.41) is 7.15. The number of nitrogens with zero attached hydrogens (tertiary/aromatic N) is 5. The molecule has 0 aliphatic carbocycles. The monoisotopic (exact) mass is 340 g/mol. The van der Waals surface area contributed by atoms with Gasteiger partial charge in [-0.1, -0.05) is 19.9 Å². The maximum absolute atomic E-state index is 12.8. The van der Waals surface area contributed by atoms with Gasteiger partial charge in [0.1, 0.15) is 17.4 Å². The van der Waals surface area contributed by atoms with E-state index in [1.165, 1.54) is 0 Å². The molecule has 0 unspecified atom stereocenters. The highest BCUT2D eigenvalue weighted by Gasteiger charge is 2.29. The van der Waals surface area contributed by atoms with Crippen LogP contribution in [0.1, 0.15) is 48.0 Å². The van der Waals surface area contributed by atoms with Crippen molar-refractivity contribution in [1.29, 1.82) is 0 Å². The van der Waals surface area contributed by atoms with Gasteiger partial charge in [0.05, 0.1) is 13.2 Å². The van der Waals surface area contributed by atoms with E-state index in [2.05, 4.69) is 20.2 Å². The number of aromatic nitrogens is 5. The summed E-state index contributed by atoms with van der Waals surface area (Å²) in [6.07, 6.45) is 3.34. The molecule has 0 radical (unpaired) electrons. The lowest BCUT2D eigenvalue weighted by Gasteiger charge is -2.31. The van der Waals surface area contributed by atoms with E-state index >= 15 is 0 Å². The van der Waals surface area contributed by atoms with Crippen LogP contribution in [0.5, 0.6) is 0 Å². The Morgan fingerprint density at radius 1 is 1.36 bits per heavy atom. The van der Waals surface area contributed by atoms with Crippen LogP contribution < -0.4 is 0 Å². The second-order valence-electron chi connectivity index (χ2n) is 6.44. The molecule has 3 aromatic rings. The molecule has 130 valence electrons. The number of imidazole rings is 1. The van der Waals surface area contributed by atoms with Crippen molar-refractivity contribution in [2.75, 3.05) is 19.7 Å². The van der Waals surface area contributed by atoms with Crippen molar-refractivity contribution in [3.8, 4) is 0 Å². The molecule has 4 heterocycles. The predicted molar refractivity (Wildman–Crippen MR) is 90.3 cm³/mol. The highest BCUT2D eigenvalue weighted by Crippen LogP contribution is 2.22. The number of hydrogen-bond donors (Lipinski definition) is 1. The van der Waals surface area contributed by atoms with Crippen LogP contribution in [-0.4, -0.2) is 55.1 Å². The number of fused-ring (bicyclic) bond motifs is 1. The van der Waals surface area contributed by atoms with Gasteiger partial charge in [-0.25, -0.2) is 9.97 Å². The average molecular weight is 340 g/mol. The Labute approximate surface area is 144 Å². The SMILES string of the molecule is CC(C)c1n[nH]c([C@@H]2CN(C(=O)c3cn4ccccc4n3)CCO2)n1. The fourth-order valence-electron chi connectivity index (χ4n) is 2.89. The summed E-state index contributed by atoms with van der Waals surface area (Å²) in [6, 6.07) is 5.68. The molecule has 3 aromatic heterocycles. The zero-order valence-electron chi connectivity index (χ0n) is 14.2. The Morgan fingerprint density at radius 3 is 3.00 bits per heavy atom. The molecule has 25 heavy (non-hydrogen) atoms. The van der Waals surface area contributed by atoms with Crippen LogP contribution in [0.3, 0.4) is 0 Å². The molecular formula is C17H20N6O2. The van der Waals surface area contributed by atoms with Gasteiger partial charge in [0.15, 0.2) is 11.6 Å². The van der Waals surface area contributed by atoms with Crippen LogP contribution in [0.4, 0.5) is 0 Å². The van der Waals surface area contributed by atoms with Crippen molar-refractivity contribution in [2.24, 2.45) is 0 Å². The van der Waals surface area contributed by atoms with Crippen molar-refractivity contribution in [1.82, 2.24) is 29.5 Å². The molecule has 1 N–H and O–H groups in total. The molecule has 0 aromatic carbocycles. The van der Waals surface area contributed by atoms with Gasteiger partial charge < -0.3 is 14.0 Å². The number of ether oxygens (including phenoxy) is 1. The lowest BCUT2D eigenvalue weighted by Crippen LogP contribution is -2.42. The van der Waals surface area contributed by atoms with Gasteiger partial charge in [-0.2, -0.15) is 5.10 Å². The van der Waals surface area contributed by atoms with Gasteiger partial charge in [-0.3, -0.25) is 9.89 Å². The van der Waals surface area contributed by atoms with Crippen LogP contribution in [0, 0.1) is 0 Å². The summed E-state index contributed by atoms with van der Waals surface area (Å²) < 4.78 is 7.62. The summed E-state index contributed by atoms with van der Waals surface area (Å²) >= 11 is 0. The third kappa shape index (κ3) is 3.00. The fourth-order valence-corrected chi connectivity index (χ4v) is 2.89. The first-order valence-corrected chi connectivity index (χ1v) is 8.38. The van der Waals surface area contributed by atoms with E-state index < -0.39 is 0 Å². The first-order valence-electron chi connectivity index (χ1n) is 8.38. The van der Waals surface area contributed by atoms with Crippen LogP contribution in [0.2, 0.25) is 0 Å². The van der Waals surface area contributed by atoms with Crippen LogP contribution in [-0.2, 0) is 4.74 Å². The molecule has 1 aliphatic rings. The van der Waals surface area contributed by atoms with Gasteiger partial charge in [0, 0.05) is 24.9 Å². The third-order valence-corrected chi connectivity index (χ3v) is 4.28. The zero-order valence-corrected chi connectivity index (χ0v) is 14.2. The molecule has 1 atom stereocenters. The Bertz CT molecular complexity index is 866. The van der Waals surface area contributed by atoms with Crippen LogP contribution >= 0.6 is 0 Å². The van der Waals surface area contributed by atoms with Gasteiger partial charge in [-0.15, -0.1) is 0 Å². The maximum Gasteiger partial charge on any atom is 0.274 e. The maximum atomic E-state index is 12.8. The molecule has 1 amide bonds. The van der Waals surface area contributed by atoms with Crippen molar-refractivity contribution >= 4 is 11.6 Å². The Hall–Kier alpha value is -2.74. The number of carbonyl (C=O) groups is 1. The Kier molecular flexibility index (Phi) is 3.96. The van der Waals surface area contributed by atoms with Crippen LogP contribution in [0.15, 0.2) is 30.6 Å². The highest BCUT2D eigenvalue weighted by atomic mass is 16.5. The summed E-state index contributed by atoms with van der Waals surface area (Å²) in [7, 11) is 0. The Balaban J connectivity index is 1.52. The molecule has 0 bridgehead atoms. The van der Waals surface area contributed by atoms with Crippen LogP contribution in [0.25, 0.3) is 5.65 Å². The van der Waals surface area contributed by atoms with E-state index in [1.807, 2.05) is 42.6 Å². The predicted octanol–water partition coefficient (Wildman–Crippen LogP) is 1.79. The molecule has 8 heteroatoms. The van der Waals surface area contributed by atoms with E-state index in [1.54, 1.807) is 11.1 Å². The second kappa shape index (κ2) is 6.29. The summed E-state index contributed by atoms with van der Waals surface area (Å²) in [4.78, 5) is 23.5. The highest BCUT2D eigenvalue weighted by molar-refractivity contribution is 5.93. The fraction of sp³-hybridized carbons (Fsp3) is 0.412. The number of nitrogens with one attached hydrogen (secondary N) is 1. The number of morpholine rings is 1. The number of aromatic amines is 1. The van der Waals surface area contributed by atoms with Crippen molar-refractivity contribution in [3.63, 3.8) is 0 Å². The average Bonchev–Trinajstić information content (AvgIpc) is 3.28. The lowest BCUT2D eigenvalue weighted by molar-refractivity contribution is -0.0268. The van der Waals surface area contributed by atoms with E-state index in [0.717, 1.165) is 11.5 Å². The number of pyridine rings is 1. The molecule has 0 saturated carbocycles. The molecular weight excluding hydrogens is 320 g/mol. The Morgan fingerprint density at radius 2 is 2.24 bits per heavy atom. The number of carbonyl (C=O) groups excluding carboxylic acids is 1. The molecule has 1 fully saturated rings. The number of rotatable bonds is 3. The summed E-state index contributed by atoms with van der Waals surface area (Å²) in [5.41, 5.74) is 1.19. The van der Waals surface area contributed by atoms with E-state index in [-0.39, 0.29) is 17.9 Å². The minimum Gasteiger partial charge on any atom is -0.367 e. The van der Waals surface area contributed by atoms with Gasteiger partial charge >= 0.3 is 0 Å². The molecule has 1 saturated heterocycles. The summed E-state index contributed by atoms with van der Waals surface area (Å²) in [5.74, 6) is 1.56. The standard InChI is InChI=1S/C17H20N6O2/c1-11(2)15-19-16(21-20-15)13-10-23(7-8-25-13)17(24)12-9-22-6-4-3-5-14(22)18-12/h3-6,9,11,13H,7-8,10H2,1-2H3,(H,19,20,21)/t13-/m0/s1. The minimum atomic E-state index is -0.297. The second-order valence-corrected chi connectivity index (χ2v) is 6.44. The van der Waals surface area contributed by atoms with Crippen molar-refractivity contribution < 1.29 is 9.53 Å². The topological polar surface area (TPSA) is 88.4 Å². The summed E-state index contributed by atoms with van der Waals surface area (Å²) in [6.45, 7) is 5.50. The third-order valence-electron chi connectivity index (χ3n) is 4.28. The lowest BCUT2D eigenvalue weighted by atomic mass is 10.2. The van der Waals surface area contributed by atoms with E-state index in [9.17, 15) is 4.79 Å². The van der Waals surface area contributed by atoms with Gasteiger partial charge in [-0.05, 0) is 12.1 Å². The van der Waals surface area contributed by atoms with Gasteiger partial charge in [0.25, 0.3) is 5.91 Å². The normalized spacial score (nSPS) is 18.2. The molecule has 0 spiro atoms. The quantitative estimate of drug-likeness (QED) is 0.785. The minimum absolute atomic E-state index is 0.0967. The van der Waals surface area contributed by atoms with E-state index in [4.69, 9.17) is 4.74 Å². The molecule has 8 nitrogen and oxygen atoms in total. The number of H-pyrrole nitrogens is 1.